The summed E-state index contributed by atoms with van der Waals surface area (Å²) >= 11 is 0. The number of hydrogen-bond acceptors (Lipinski definition) is 0. The fraction of sp³-hybridized carbons (Fsp3) is 0.294. The van der Waals surface area contributed by atoms with Crippen LogP contribution in [-0.4, -0.2) is 7.05 Å². The number of nitrogens with one attached hydrogen (secondary N) is 1. The Balaban J connectivity index is 1.92. The first-order valence-electron chi connectivity index (χ1n) is 6.71. The summed E-state index contributed by atoms with van der Waals surface area (Å²) in [5.41, 5.74) is 4.24. The first kappa shape index (κ1) is 12.8. The van der Waals surface area contributed by atoms with E-state index < -0.39 is 0 Å². The van der Waals surface area contributed by atoms with Crippen LogP contribution in [0.1, 0.15) is 23.6 Å². The lowest BCUT2D eigenvalue weighted by atomic mass is 10.1. The normalized spacial score (nSPS) is 12.3. The average molecular weight is 240 g/mol. The quantitative estimate of drug-likeness (QED) is 0.819. The molecule has 0 spiro atoms. The average Bonchev–Trinajstić information content (AvgIpc) is 2.40. The van der Waals surface area contributed by atoms with Gasteiger partial charge < -0.3 is 4.90 Å². The molecule has 0 bridgehead atoms. The molecule has 0 radical (unpaired) electrons. The van der Waals surface area contributed by atoms with Gasteiger partial charge in [-0.3, -0.25) is 0 Å². The smallest absolute Gasteiger partial charge is 0.103 e. The molecule has 1 unspecified atom stereocenters. The first-order valence-corrected chi connectivity index (χ1v) is 6.71. The van der Waals surface area contributed by atoms with Gasteiger partial charge in [-0.25, -0.2) is 0 Å². The lowest BCUT2D eigenvalue weighted by molar-refractivity contribution is -0.907. The molecule has 1 heteroatoms. The van der Waals surface area contributed by atoms with Gasteiger partial charge in [-0.05, 0) is 12.0 Å². The van der Waals surface area contributed by atoms with Crippen LogP contribution in [0.5, 0.6) is 0 Å². The summed E-state index contributed by atoms with van der Waals surface area (Å²) < 4.78 is 0. The van der Waals surface area contributed by atoms with Gasteiger partial charge >= 0.3 is 0 Å². The van der Waals surface area contributed by atoms with Gasteiger partial charge in [0.15, 0.2) is 0 Å². The highest BCUT2D eigenvalue weighted by Crippen LogP contribution is 2.04. The van der Waals surface area contributed by atoms with Gasteiger partial charge in [0.1, 0.15) is 13.1 Å². The Kier molecular flexibility index (Phi) is 4.54. The van der Waals surface area contributed by atoms with Crippen molar-refractivity contribution >= 4 is 0 Å². The van der Waals surface area contributed by atoms with E-state index in [2.05, 4.69) is 68.6 Å². The highest BCUT2D eigenvalue weighted by Gasteiger charge is 2.04. The van der Waals surface area contributed by atoms with Gasteiger partial charge in [-0.15, -0.1) is 0 Å². The number of benzene rings is 2. The van der Waals surface area contributed by atoms with E-state index in [4.69, 9.17) is 0 Å². The lowest BCUT2D eigenvalue weighted by Gasteiger charge is -2.14. The predicted molar refractivity (Wildman–Crippen MR) is 76.6 cm³/mol. The zero-order chi connectivity index (χ0) is 12.8. The zero-order valence-corrected chi connectivity index (χ0v) is 11.3. The van der Waals surface area contributed by atoms with E-state index in [0.29, 0.717) is 0 Å². The van der Waals surface area contributed by atoms with E-state index in [-0.39, 0.29) is 0 Å². The third-order valence-corrected chi connectivity index (χ3v) is 3.29. The molecular weight excluding hydrogens is 218 g/mol. The second-order valence-electron chi connectivity index (χ2n) is 4.97. The summed E-state index contributed by atoms with van der Waals surface area (Å²) in [6, 6.07) is 19.7. The number of aryl methyl sites for hydroxylation is 1. The molecule has 2 aromatic carbocycles. The van der Waals surface area contributed by atoms with Gasteiger partial charge in [-0.1, -0.05) is 61.5 Å². The van der Waals surface area contributed by atoms with Crippen LogP contribution in [0.3, 0.4) is 0 Å². The Morgan fingerprint density at radius 1 is 0.722 bits per heavy atom. The second kappa shape index (κ2) is 6.36. The van der Waals surface area contributed by atoms with Crippen LogP contribution in [0.25, 0.3) is 0 Å². The largest absolute Gasteiger partial charge is 0.330 e. The van der Waals surface area contributed by atoms with Crippen LogP contribution in [0, 0.1) is 0 Å². The summed E-state index contributed by atoms with van der Waals surface area (Å²) in [6.45, 7) is 4.36. The maximum atomic E-state index is 2.26. The molecule has 1 nitrogen and oxygen atoms in total. The van der Waals surface area contributed by atoms with Gasteiger partial charge in [0.2, 0.25) is 0 Å². The van der Waals surface area contributed by atoms with Crippen LogP contribution < -0.4 is 4.90 Å². The first-order chi connectivity index (χ1) is 8.78. The van der Waals surface area contributed by atoms with Gasteiger partial charge in [0, 0.05) is 11.1 Å². The third-order valence-electron chi connectivity index (χ3n) is 3.29. The molecule has 0 fully saturated rings. The number of rotatable bonds is 5. The SMILES string of the molecule is CCc1ccc(C[NH+](C)Cc2ccccc2)cc1. The van der Waals surface area contributed by atoms with Crippen molar-refractivity contribution in [3.05, 3.63) is 71.3 Å². The maximum absolute atomic E-state index is 2.26. The molecule has 0 aliphatic rings. The van der Waals surface area contributed by atoms with Crippen molar-refractivity contribution < 1.29 is 4.90 Å². The standard InChI is InChI=1S/C17H21N/c1-3-15-9-11-17(12-10-15)14-18(2)13-16-7-5-4-6-8-16/h4-12H,3,13-14H2,1-2H3/p+1. The molecule has 18 heavy (non-hydrogen) atoms. The third kappa shape index (κ3) is 3.71. The summed E-state index contributed by atoms with van der Waals surface area (Å²) in [7, 11) is 2.25. The molecule has 0 saturated carbocycles. The Morgan fingerprint density at radius 2 is 1.22 bits per heavy atom. The number of quaternary nitrogens is 1. The summed E-state index contributed by atoms with van der Waals surface area (Å²) in [5, 5.41) is 0. The van der Waals surface area contributed by atoms with Crippen molar-refractivity contribution in [1.82, 2.24) is 0 Å². The molecule has 0 aromatic heterocycles. The maximum Gasteiger partial charge on any atom is 0.103 e. The van der Waals surface area contributed by atoms with Crippen molar-refractivity contribution in [2.45, 2.75) is 26.4 Å². The Labute approximate surface area is 110 Å². The highest BCUT2D eigenvalue weighted by atomic mass is 15.1. The molecule has 1 N–H and O–H groups in total. The van der Waals surface area contributed by atoms with Gasteiger partial charge in [-0.2, -0.15) is 0 Å². The molecule has 0 aliphatic carbocycles. The van der Waals surface area contributed by atoms with E-state index in [0.717, 1.165) is 19.5 Å². The van der Waals surface area contributed by atoms with E-state index in [1.165, 1.54) is 21.6 Å². The van der Waals surface area contributed by atoms with E-state index in [9.17, 15) is 0 Å². The molecule has 0 amide bonds. The van der Waals surface area contributed by atoms with Crippen molar-refractivity contribution in [2.75, 3.05) is 7.05 Å². The molecule has 94 valence electrons. The minimum atomic E-state index is 1.08. The molecular formula is C17H22N+. The monoisotopic (exact) mass is 240 g/mol. The van der Waals surface area contributed by atoms with Crippen LogP contribution in [-0.2, 0) is 19.5 Å². The number of hydrogen-bond donors (Lipinski definition) is 1. The molecule has 0 saturated heterocycles. The fourth-order valence-corrected chi connectivity index (χ4v) is 2.25. The van der Waals surface area contributed by atoms with Crippen molar-refractivity contribution in [3.63, 3.8) is 0 Å². The van der Waals surface area contributed by atoms with E-state index >= 15 is 0 Å². The van der Waals surface area contributed by atoms with E-state index in [1.807, 2.05) is 0 Å². The Bertz CT molecular complexity index is 459. The topological polar surface area (TPSA) is 4.44 Å². The summed E-state index contributed by atoms with van der Waals surface area (Å²) in [4.78, 5) is 1.52. The van der Waals surface area contributed by atoms with Gasteiger partial charge in [0.25, 0.3) is 0 Å². The van der Waals surface area contributed by atoms with E-state index in [1.54, 1.807) is 0 Å². The van der Waals surface area contributed by atoms with Crippen LogP contribution >= 0.6 is 0 Å². The second-order valence-corrected chi connectivity index (χ2v) is 4.97. The van der Waals surface area contributed by atoms with Crippen molar-refractivity contribution in [2.24, 2.45) is 0 Å². The highest BCUT2D eigenvalue weighted by molar-refractivity contribution is 5.21. The summed E-state index contributed by atoms with van der Waals surface area (Å²) in [6.07, 6.45) is 1.12. The van der Waals surface area contributed by atoms with Crippen molar-refractivity contribution in [3.8, 4) is 0 Å². The Morgan fingerprint density at radius 3 is 1.78 bits per heavy atom. The fourth-order valence-electron chi connectivity index (χ4n) is 2.25. The minimum absolute atomic E-state index is 1.08. The molecule has 0 aliphatic heterocycles. The lowest BCUT2D eigenvalue weighted by Crippen LogP contribution is -3.06. The van der Waals surface area contributed by atoms with Crippen molar-refractivity contribution in [1.29, 1.82) is 0 Å². The molecule has 2 rings (SSSR count). The predicted octanol–water partition coefficient (Wildman–Crippen LogP) is 2.46. The van der Waals surface area contributed by atoms with Crippen LogP contribution in [0.2, 0.25) is 0 Å². The zero-order valence-electron chi connectivity index (χ0n) is 11.3. The molecule has 2 aromatic rings. The minimum Gasteiger partial charge on any atom is -0.330 e. The van der Waals surface area contributed by atoms with Crippen LogP contribution in [0.4, 0.5) is 0 Å². The summed E-state index contributed by atoms with van der Waals surface area (Å²) in [5.74, 6) is 0. The molecule has 0 heterocycles. The molecule has 1 atom stereocenters. The Hall–Kier alpha value is -1.60. The van der Waals surface area contributed by atoms with Gasteiger partial charge in [0.05, 0.1) is 7.05 Å². The van der Waals surface area contributed by atoms with Crippen LogP contribution in [0.15, 0.2) is 54.6 Å².